The average molecular weight is 331 g/mol. The van der Waals surface area contributed by atoms with E-state index in [1.165, 1.54) is 32.1 Å². The summed E-state index contributed by atoms with van der Waals surface area (Å²) in [5.41, 5.74) is 3.60. The van der Waals surface area contributed by atoms with Crippen LogP contribution in [0.4, 0.5) is 5.69 Å². The van der Waals surface area contributed by atoms with Crippen LogP contribution in [0, 0.1) is 5.92 Å². The zero-order chi connectivity index (χ0) is 16.8. The SMILES string of the molecule is O=C1c2c(NC3CCCCC3)ccc3ncnc(c23)C2C=CC=CC12. The fourth-order valence-electron chi connectivity index (χ4n) is 4.56. The Hall–Kier alpha value is -2.49. The average Bonchev–Trinajstić information content (AvgIpc) is 2.67. The van der Waals surface area contributed by atoms with E-state index < -0.39 is 0 Å². The number of carbonyl (C=O) groups excluding carboxylic acids is 1. The molecule has 4 nitrogen and oxygen atoms in total. The highest BCUT2D eigenvalue weighted by atomic mass is 16.1. The van der Waals surface area contributed by atoms with Gasteiger partial charge in [-0.1, -0.05) is 43.6 Å². The van der Waals surface area contributed by atoms with Crippen LogP contribution >= 0.6 is 0 Å². The molecule has 0 saturated heterocycles. The second-order valence-corrected chi connectivity index (χ2v) is 7.31. The first-order valence-electron chi connectivity index (χ1n) is 9.26. The quantitative estimate of drug-likeness (QED) is 0.886. The topological polar surface area (TPSA) is 54.9 Å². The highest BCUT2D eigenvalue weighted by Crippen LogP contribution is 2.43. The number of carbonyl (C=O) groups is 1. The molecule has 1 aromatic carbocycles. The Morgan fingerprint density at radius 1 is 0.960 bits per heavy atom. The number of Topliss-reactive ketones (excluding diaryl/α,β-unsaturated/α-hetero) is 1. The maximum atomic E-state index is 13.3. The zero-order valence-electron chi connectivity index (χ0n) is 14.1. The molecule has 4 heteroatoms. The molecule has 1 fully saturated rings. The Kier molecular flexibility index (Phi) is 3.44. The molecule has 3 aliphatic carbocycles. The third-order valence-corrected chi connectivity index (χ3v) is 5.80. The molecule has 1 aromatic heterocycles. The van der Waals surface area contributed by atoms with Gasteiger partial charge >= 0.3 is 0 Å². The highest BCUT2D eigenvalue weighted by molar-refractivity contribution is 6.16. The first kappa shape index (κ1) is 14.8. The lowest BCUT2D eigenvalue weighted by Crippen LogP contribution is -2.30. The molecule has 1 heterocycles. The fraction of sp³-hybridized carbons (Fsp3) is 0.381. The number of hydrogen-bond donors (Lipinski definition) is 1. The third kappa shape index (κ3) is 2.31. The number of nitrogens with one attached hydrogen (secondary N) is 1. The Morgan fingerprint density at radius 3 is 2.60 bits per heavy atom. The third-order valence-electron chi connectivity index (χ3n) is 5.80. The van der Waals surface area contributed by atoms with Crippen LogP contribution in [0.1, 0.15) is 54.1 Å². The van der Waals surface area contributed by atoms with Crippen LogP contribution in [0.2, 0.25) is 0 Å². The second-order valence-electron chi connectivity index (χ2n) is 7.31. The maximum absolute atomic E-state index is 13.3. The van der Waals surface area contributed by atoms with E-state index in [4.69, 9.17) is 0 Å². The van der Waals surface area contributed by atoms with E-state index in [0.717, 1.165) is 27.8 Å². The van der Waals surface area contributed by atoms with Crippen molar-refractivity contribution in [2.45, 2.75) is 44.1 Å². The molecule has 126 valence electrons. The summed E-state index contributed by atoms with van der Waals surface area (Å²) in [7, 11) is 0. The number of nitrogens with zero attached hydrogens (tertiary/aromatic N) is 2. The monoisotopic (exact) mass is 331 g/mol. The minimum atomic E-state index is -0.148. The van der Waals surface area contributed by atoms with Gasteiger partial charge in [0.1, 0.15) is 6.33 Å². The van der Waals surface area contributed by atoms with Crippen molar-refractivity contribution in [3.8, 4) is 0 Å². The van der Waals surface area contributed by atoms with E-state index in [0.29, 0.717) is 6.04 Å². The molecule has 0 amide bonds. The Bertz CT molecular complexity index is 909. The molecule has 2 unspecified atom stereocenters. The predicted molar refractivity (Wildman–Crippen MR) is 98.9 cm³/mol. The molecule has 0 bridgehead atoms. The molecule has 2 aromatic rings. The Balaban J connectivity index is 1.68. The van der Waals surface area contributed by atoms with E-state index in [-0.39, 0.29) is 17.6 Å². The van der Waals surface area contributed by atoms with Gasteiger partial charge in [-0.05, 0) is 25.0 Å². The number of ketones is 1. The van der Waals surface area contributed by atoms with Gasteiger partial charge in [0, 0.05) is 23.0 Å². The summed E-state index contributed by atoms with van der Waals surface area (Å²) >= 11 is 0. The van der Waals surface area contributed by atoms with Crippen molar-refractivity contribution in [2.75, 3.05) is 5.32 Å². The van der Waals surface area contributed by atoms with E-state index in [9.17, 15) is 4.79 Å². The minimum Gasteiger partial charge on any atom is -0.382 e. The van der Waals surface area contributed by atoms with Crippen LogP contribution in [0.3, 0.4) is 0 Å². The lowest BCUT2D eigenvalue weighted by Gasteiger charge is -2.32. The zero-order valence-corrected chi connectivity index (χ0v) is 14.1. The van der Waals surface area contributed by atoms with Crippen molar-refractivity contribution in [3.05, 3.63) is 54.0 Å². The summed E-state index contributed by atoms with van der Waals surface area (Å²) in [5.74, 6) is 0.0714. The van der Waals surface area contributed by atoms with Gasteiger partial charge in [-0.25, -0.2) is 9.97 Å². The summed E-state index contributed by atoms with van der Waals surface area (Å²) in [6.45, 7) is 0. The number of benzene rings is 1. The summed E-state index contributed by atoms with van der Waals surface area (Å²) in [4.78, 5) is 22.3. The molecule has 0 radical (unpaired) electrons. The Morgan fingerprint density at radius 2 is 1.76 bits per heavy atom. The molecular formula is C21H21N3O. The molecular weight excluding hydrogens is 310 g/mol. The van der Waals surface area contributed by atoms with Gasteiger partial charge in [0.2, 0.25) is 0 Å². The molecule has 0 spiro atoms. The normalized spacial score (nSPS) is 25.2. The van der Waals surface area contributed by atoms with Crippen LogP contribution in [-0.2, 0) is 0 Å². The number of hydrogen-bond acceptors (Lipinski definition) is 4. The molecule has 25 heavy (non-hydrogen) atoms. The smallest absolute Gasteiger partial charge is 0.173 e. The van der Waals surface area contributed by atoms with Crippen molar-refractivity contribution < 1.29 is 4.79 Å². The lowest BCUT2D eigenvalue weighted by molar-refractivity contribution is 0.0934. The maximum Gasteiger partial charge on any atom is 0.173 e. The van der Waals surface area contributed by atoms with Gasteiger partial charge in [0.05, 0.1) is 22.7 Å². The summed E-state index contributed by atoms with van der Waals surface area (Å²) in [6, 6.07) is 4.51. The number of rotatable bonds is 2. The van der Waals surface area contributed by atoms with Crippen LogP contribution in [0.25, 0.3) is 10.9 Å². The fourth-order valence-corrected chi connectivity index (χ4v) is 4.56. The van der Waals surface area contributed by atoms with Gasteiger partial charge in [-0.3, -0.25) is 4.79 Å². The number of allylic oxidation sites excluding steroid dienone is 4. The molecule has 3 aliphatic rings. The van der Waals surface area contributed by atoms with E-state index in [2.05, 4.69) is 21.4 Å². The van der Waals surface area contributed by atoms with Gasteiger partial charge in [0.25, 0.3) is 0 Å². The molecule has 0 aliphatic heterocycles. The van der Waals surface area contributed by atoms with Crippen molar-refractivity contribution in [1.82, 2.24) is 9.97 Å². The summed E-state index contributed by atoms with van der Waals surface area (Å²) in [6.07, 6.45) is 15.9. The molecule has 2 atom stereocenters. The number of anilines is 1. The molecule has 1 saturated carbocycles. The van der Waals surface area contributed by atoms with Gasteiger partial charge in [0.15, 0.2) is 5.78 Å². The summed E-state index contributed by atoms with van der Waals surface area (Å²) < 4.78 is 0. The summed E-state index contributed by atoms with van der Waals surface area (Å²) in [5, 5.41) is 4.60. The number of fused-ring (bicyclic) bond motifs is 2. The van der Waals surface area contributed by atoms with E-state index in [1.807, 2.05) is 30.4 Å². The van der Waals surface area contributed by atoms with Gasteiger partial charge < -0.3 is 5.32 Å². The Labute approximate surface area is 147 Å². The lowest BCUT2D eigenvalue weighted by atomic mass is 9.74. The largest absolute Gasteiger partial charge is 0.382 e. The highest BCUT2D eigenvalue weighted by Gasteiger charge is 2.38. The van der Waals surface area contributed by atoms with Gasteiger partial charge in [-0.15, -0.1) is 0 Å². The van der Waals surface area contributed by atoms with Crippen LogP contribution < -0.4 is 5.32 Å². The minimum absolute atomic E-state index is 0.0282. The number of aromatic nitrogens is 2. The van der Waals surface area contributed by atoms with Crippen molar-refractivity contribution in [2.24, 2.45) is 5.92 Å². The standard InChI is InChI=1S/C21H21N3O/c25-21-15-9-5-4-8-14(15)20-18-16(22-12-23-20)10-11-17(19(18)21)24-13-6-2-1-3-7-13/h4-5,8-15,24H,1-3,6-7H2. The van der Waals surface area contributed by atoms with Crippen LogP contribution in [-0.4, -0.2) is 21.8 Å². The van der Waals surface area contributed by atoms with Crippen molar-refractivity contribution in [3.63, 3.8) is 0 Å². The van der Waals surface area contributed by atoms with Gasteiger partial charge in [-0.2, -0.15) is 0 Å². The molecule has 5 rings (SSSR count). The van der Waals surface area contributed by atoms with E-state index in [1.54, 1.807) is 6.33 Å². The predicted octanol–water partition coefficient (Wildman–Crippen LogP) is 4.40. The first-order chi connectivity index (χ1) is 12.3. The van der Waals surface area contributed by atoms with E-state index >= 15 is 0 Å². The van der Waals surface area contributed by atoms with Crippen LogP contribution in [0.15, 0.2) is 42.8 Å². The van der Waals surface area contributed by atoms with Crippen LogP contribution in [0.5, 0.6) is 0 Å². The molecule has 1 N–H and O–H groups in total. The second kappa shape index (κ2) is 5.80. The van der Waals surface area contributed by atoms with Crippen molar-refractivity contribution in [1.29, 1.82) is 0 Å². The first-order valence-corrected chi connectivity index (χ1v) is 9.26. The van der Waals surface area contributed by atoms with Crippen molar-refractivity contribution >= 4 is 22.4 Å².